The highest BCUT2D eigenvalue weighted by Gasteiger charge is 2.75. The second-order valence-corrected chi connectivity index (χ2v) is 3.46. The number of aliphatic hydroxyl groups is 1. The molecule has 0 radical (unpaired) electrons. The highest BCUT2D eigenvalue weighted by Crippen LogP contribution is 2.50. The molecule has 0 aromatic rings. The first kappa shape index (κ1) is 18.2. The molecule has 0 rings (SSSR count). The van der Waals surface area contributed by atoms with Crippen molar-refractivity contribution in [1.29, 1.82) is 0 Å². The van der Waals surface area contributed by atoms with Crippen molar-refractivity contribution in [3.8, 4) is 0 Å². The van der Waals surface area contributed by atoms with Crippen LogP contribution in [0.5, 0.6) is 0 Å². The van der Waals surface area contributed by atoms with E-state index in [0.29, 0.717) is 0 Å². The van der Waals surface area contributed by atoms with Crippen LogP contribution in [-0.2, 0) is 4.74 Å². The second kappa shape index (κ2) is 4.65. The molecule has 0 unspecified atom stereocenters. The van der Waals surface area contributed by atoms with Crippen LogP contribution in [0.25, 0.3) is 0 Å². The van der Waals surface area contributed by atoms with Gasteiger partial charge in [-0.25, -0.2) is 4.74 Å². The minimum absolute atomic E-state index is 0.743. The van der Waals surface area contributed by atoms with Crippen LogP contribution in [0.2, 0.25) is 0 Å². The third-order valence-corrected chi connectivity index (χ3v) is 1.80. The second-order valence-electron chi connectivity index (χ2n) is 3.46. The normalized spacial score (nSPS) is 15.8. The topological polar surface area (TPSA) is 29.5 Å². The van der Waals surface area contributed by atoms with E-state index in [4.69, 9.17) is 5.11 Å². The summed E-state index contributed by atoms with van der Waals surface area (Å²) >= 11 is 0. The van der Waals surface area contributed by atoms with Crippen LogP contribution in [0.3, 0.4) is 0 Å². The van der Waals surface area contributed by atoms with Crippen molar-refractivity contribution in [2.24, 2.45) is 0 Å². The molecule has 2 nitrogen and oxygen atoms in total. The van der Waals surface area contributed by atoms with Gasteiger partial charge in [0.25, 0.3) is 0 Å². The van der Waals surface area contributed by atoms with Gasteiger partial charge in [0.15, 0.2) is 0 Å². The molecular formula is C7H6F10O2. The van der Waals surface area contributed by atoms with E-state index < -0.39 is 43.5 Å². The third kappa shape index (κ3) is 3.22. The van der Waals surface area contributed by atoms with Gasteiger partial charge in [-0.2, -0.15) is 43.9 Å². The molecule has 116 valence electrons. The molecule has 0 aromatic carbocycles. The predicted octanol–water partition coefficient (Wildman–Crippen LogP) is 3.11. The van der Waals surface area contributed by atoms with E-state index in [2.05, 4.69) is 0 Å². The van der Waals surface area contributed by atoms with Gasteiger partial charge in [0, 0.05) is 6.92 Å². The first-order valence-corrected chi connectivity index (χ1v) is 4.22. The van der Waals surface area contributed by atoms with Gasteiger partial charge in [-0.15, -0.1) is 0 Å². The van der Waals surface area contributed by atoms with Crippen molar-refractivity contribution >= 4 is 0 Å². The van der Waals surface area contributed by atoms with Crippen molar-refractivity contribution in [3.05, 3.63) is 0 Å². The van der Waals surface area contributed by atoms with Gasteiger partial charge in [0.1, 0.15) is 6.61 Å². The zero-order valence-electron chi connectivity index (χ0n) is 8.84. The molecule has 0 aromatic heterocycles. The molecule has 0 fully saturated rings. The molecule has 0 atom stereocenters. The van der Waals surface area contributed by atoms with Gasteiger partial charge in [-0.1, -0.05) is 0 Å². The summed E-state index contributed by atoms with van der Waals surface area (Å²) in [6.45, 7) is -3.48. The molecule has 12 heteroatoms. The van der Waals surface area contributed by atoms with E-state index in [0.717, 1.165) is 0 Å². The van der Waals surface area contributed by atoms with E-state index in [1.165, 1.54) is 0 Å². The van der Waals surface area contributed by atoms with Gasteiger partial charge in [0.2, 0.25) is 0 Å². The van der Waals surface area contributed by atoms with E-state index >= 15 is 0 Å². The Bertz CT molecular complexity index is 320. The summed E-state index contributed by atoms with van der Waals surface area (Å²) in [7, 11) is 0. The number of hydrogen-bond acceptors (Lipinski definition) is 2. The largest absolute Gasteiger partial charge is 0.430 e. The van der Waals surface area contributed by atoms with Crippen LogP contribution in [0.15, 0.2) is 0 Å². The Morgan fingerprint density at radius 1 is 0.789 bits per heavy atom. The summed E-state index contributed by atoms with van der Waals surface area (Å²) in [6, 6.07) is 0. The summed E-state index contributed by atoms with van der Waals surface area (Å²) in [5.74, 6) is -17.7. The van der Waals surface area contributed by atoms with Crippen molar-refractivity contribution in [2.75, 3.05) is 6.61 Å². The van der Waals surface area contributed by atoms with Gasteiger partial charge < -0.3 is 5.11 Å². The first-order valence-electron chi connectivity index (χ1n) is 4.22. The average molecular weight is 312 g/mol. The number of ether oxygens (including phenoxy) is 1. The zero-order valence-corrected chi connectivity index (χ0v) is 8.84. The number of aliphatic hydroxyl groups excluding tert-OH is 1. The van der Waals surface area contributed by atoms with Gasteiger partial charge in [-0.05, 0) is 0 Å². The van der Waals surface area contributed by atoms with Crippen LogP contribution in [0, 0.1) is 0 Å². The lowest BCUT2D eigenvalue weighted by Crippen LogP contribution is -2.59. The van der Waals surface area contributed by atoms with Gasteiger partial charge in [0.05, 0.1) is 0 Å². The smallest absolute Gasteiger partial charge is 0.390 e. The molecule has 0 saturated carbocycles. The van der Waals surface area contributed by atoms with Crippen LogP contribution in [0.4, 0.5) is 43.9 Å². The summed E-state index contributed by atoms with van der Waals surface area (Å²) in [5, 5.41) is 7.80. The Morgan fingerprint density at radius 2 is 1.16 bits per heavy atom. The lowest BCUT2D eigenvalue weighted by atomic mass is 10.2. The molecule has 0 aliphatic rings. The van der Waals surface area contributed by atoms with E-state index in [1.54, 1.807) is 0 Å². The van der Waals surface area contributed by atoms with Gasteiger partial charge in [-0.3, -0.25) is 0 Å². The van der Waals surface area contributed by atoms with Crippen LogP contribution in [-0.4, -0.2) is 41.7 Å². The minimum atomic E-state index is -6.60. The molecule has 0 spiro atoms. The molecule has 0 heterocycles. The predicted molar refractivity (Wildman–Crippen MR) is 38.6 cm³/mol. The number of halogens is 10. The number of alkyl halides is 10. The molecule has 0 amide bonds. The lowest BCUT2D eigenvalue weighted by molar-refractivity contribution is -0.486. The Kier molecular flexibility index (Phi) is 4.46. The lowest BCUT2D eigenvalue weighted by Gasteiger charge is -2.34. The fourth-order valence-electron chi connectivity index (χ4n) is 0.647. The van der Waals surface area contributed by atoms with Gasteiger partial charge >= 0.3 is 30.0 Å². The van der Waals surface area contributed by atoms with Crippen molar-refractivity contribution in [3.63, 3.8) is 0 Å². The fraction of sp³-hybridized carbons (Fsp3) is 1.00. The van der Waals surface area contributed by atoms with Crippen molar-refractivity contribution in [1.82, 2.24) is 0 Å². The Labute approximate surface area is 98.5 Å². The molecular weight excluding hydrogens is 306 g/mol. The SMILES string of the molecule is CC(F)(F)C(F)(F)C(F)(F)OC(F)(F)C(F)(F)CO. The Hall–Kier alpha value is -0.780. The van der Waals surface area contributed by atoms with Crippen LogP contribution >= 0.6 is 0 Å². The zero-order chi connectivity index (χ0) is 15.9. The Balaban J connectivity index is 5.39. The maximum Gasteiger partial charge on any atom is 0.430 e. The fourth-order valence-corrected chi connectivity index (χ4v) is 0.647. The molecule has 0 saturated heterocycles. The Morgan fingerprint density at radius 3 is 1.42 bits per heavy atom. The molecule has 0 bridgehead atoms. The molecule has 0 aliphatic heterocycles. The molecule has 1 N–H and O–H groups in total. The average Bonchev–Trinajstić information content (AvgIpc) is 2.13. The first-order chi connectivity index (χ1) is 8.02. The molecule has 0 aliphatic carbocycles. The standard InChI is InChI=1S/C7H6F10O2/c1-3(8,9)5(12,13)7(16,17)19-6(14,15)4(10,11)2-18/h18H,2H2,1H3. The third-order valence-electron chi connectivity index (χ3n) is 1.80. The summed E-state index contributed by atoms with van der Waals surface area (Å²) in [5.41, 5.74) is 0. The molecule has 19 heavy (non-hydrogen) atoms. The summed E-state index contributed by atoms with van der Waals surface area (Å²) in [6.07, 6.45) is -12.9. The van der Waals surface area contributed by atoms with Crippen molar-refractivity contribution < 1.29 is 53.7 Å². The maximum atomic E-state index is 12.5. The quantitative estimate of drug-likeness (QED) is 0.764. The number of rotatable bonds is 6. The summed E-state index contributed by atoms with van der Waals surface area (Å²) < 4.78 is 125. The van der Waals surface area contributed by atoms with Crippen molar-refractivity contribution in [2.45, 2.75) is 36.9 Å². The highest BCUT2D eigenvalue weighted by molar-refractivity contribution is 4.90. The minimum Gasteiger partial charge on any atom is -0.390 e. The maximum absolute atomic E-state index is 12.5. The van der Waals surface area contributed by atoms with Crippen LogP contribution in [0.1, 0.15) is 6.92 Å². The van der Waals surface area contributed by atoms with E-state index in [9.17, 15) is 43.9 Å². The van der Waals surface area contributed by atoms with Crippen LogP contribution < -0.4 is 0 Å². The van der Waals surface area contributed by atoms with E-state index in [-0.39, 0.29) is 0 Å². The van der Waals surface area contributed by atoms with E-state index in [1.807, 2.05) is 4.74 Å². The summed E-state index contributed by atoms with van der Waals surface area (Å²) in [4.78, 5) is 0. The highest BCUT2D eigenvalue weighted by atomic mass is 19.4. The monoisotopic (exact) mass is 312 g/mol. The number of hydrogen-bond donors (Lipinski definition) is 1.